The molecule has 6 heterocycles. The van der Waals surface area contributed by atoms with Crippen molar-refractivity contribution < 1.29 is 9.13 Å². The van der Waals surface area contributed by atoms with E-state index in [1.165, 1.54) is 25.4 Å². The van der Waals surface area contributed by atoms with Crippen LogP contribution in [-0.2, 0) is 4.74 Å². The quantitative estimate of drug-likeness (QED) is 0.831. The molecular formula is C18H19FN6O. The van der Waals surface area contributed by atoms with Crippen LogP contribution in [0.2, 0.25) is 0 Å². The van der Waals surface area contributed by atoms with Crippen LogP contribution in [0.5, 0.6) is 0 Å². The van der Waals surface area contributed by atoms with Gasteiger partial charge in [0.1, 0.15) is 17.7 Å². The van der Waals surface area contributed by atoms with Gasteiger partial charge in [0.2, 0.25) is 5.95 Å². The van der Waals surface area contributed by atoms with Gasteiger partial charge in [0.25, 0.3) is 6.02 Å². The summed E-state index contributed by atoms with van der Waals surface area (Å²) in [5.74, 6) is 0.522. The molecule has 7 nitrogen and oxygen atoms in total. The Bertz CT molecular complexity index is 866. The zero-order valence-electron chi connectivity index (χ0n) is 14.2. The molecule has 0 radical (unpaired) electrons. The van der Waals surface area contributed by atoms with Crippen molar-refractivity contribution in [2.45, 2.75) is 18.4 Å². The number of amidine groups is 1. The normalized spacial score (nSPS) is 29.5. The highest BCUT2D eigenvalue weighted by Crippen LogP contribution is 2.40. The van der Waals surface area contributed by atoms with Crippen LogP contribution in [0.15, 0.2) is 35.7 Å². The van der Waals surface area contributed by atoms with E-state index in [2.05, 4.69) is 30.2 Å². The SMILES string of the molecule is Fc1ncccc1-c1cc(NC2=NC[C@@]3(CN4CCC3CC4)O2)ncn1. The Balaban J connectivity index is 1.33. The fourth-order valence-corrected chi connectivity index (χ4v) is 4.21. The molecule has 26 heavy (non-hydrogen) atoms. The number of piperidine rings is 3. The Labute approximate surface area is 150 Å². The number of anilines is 1. The van der Waals surface area contributed by atoms with Crippen molar-refractivity contribution in [3.63, 3.8) is 0 Å². The summed E-state index contributed by atoms with van der Waals surface area (Å²) in [7, 11) is 0. The molecule has 1 atom stereocenters. The summed E-state index contributed by atoms with van der Waals surface area (Å²) in [5, 5.41) is 3.12. The molecular weight excluding hydrogens is 335 g/mol. The number of ether oxygens (including phenoxy) is 1. The van der Waals surface area contributed by atoms with Crippen LogP contribution in [0.1, 0.15) is 12.8 Å². The second-order valence-corrected chi connectivity index (χ2v) is 7.09. The first kappa shape index (κ1) is 15.6. The number of fused-ring (bicyclic) bond motifs is 2. The summed E-state index contributed by atoms with van der Waals surface area (Å²) in [4.78, 5) is 19.0. The molecule has 8 heteroatoms. The summed E-state index contributed by atoms with van der Waals surface area (Å²) in [5.41, 5.74) is 0.592. The summed E-state index contributed by atoms with van der Waals surface area (Å²) in [6.07, 6.45) is 5.14. The van der Waals surface area contributed by atoms with Gasteiger partial charge in [0, 0.05) is 24.7 Å². The summed E-state index contributed by atoms with van der Waals surface area (Å²) in [6.45, 7) is 3.92. The zero-order valence-corrected chi connectivity index (χ0v) is 14.2. The summed E-state index contributed by atoms with van der Waals surface area (Å²) < 4.78 is 20.1. The van der Waals surface area contributed by atoms with Crippen LogP contribution >= 0.6 is 0 Å². The maximum absolute atomic E-state index is 13.9. The predicted octanol–water partition coefficient (Wildman–Crippen LogP) is 1.94. The molecule has 3 fully saturated rings. The van der Waals surface area contributed by atoms with Crippen LogP contribution in [-0.4, -0.2) is 57.7 Å². The Kier molecular flexibility index (Phi) is 3.59. The highest BCUT2D eigenvalue weighted by Gasteiger charge is 2.51. The number of nitrogens with zero attached hydrogens (tertiary/aromatic N) is 5. The average molecular weight is 354 g/mol. The van der Waals surface area contributed by atoms with Crippen LogP contribution in [0.4, 0.5) is 10.2 Å². The lowest BCUT2D eigenvalue weighted by molar-refractivity contribution is -0.0829. The average Bonchev–Trinajstić information content (AvgIpc) is 3.05. The second kappa shape index (κ2) is 5.98. The number of rotatable bonds is 2. The molecule has 4 aliphatic rings. The van der Waals surface area contributed by atoms with Gasteiger partial charge in [-0.15, -0.1) is 0 Å². The zero-order chi connectivity index (χ0) is 17.6. The smallest absolute Gasteiger partial charge is 0.291 e. The fourth-order valence-electron chi connectivity index (χ4n) is 4.21. The topological polar surface area (TPSA) is 75.5 Å². The third kappa shape index (κ3) is 2.61. The Morgan fingerprint density at radius 3 is 2.88 bits per heavy atom. The maximum atomic E-state index is 13.9. The highest BCUT2D eigenvalue weighted by molar-refractivity contribution is 5.90. The van der Waals surface area contributed by atoms with Crippen LogP contribution < -0.4 is 5.32 Å². The van der Waals surface area contributed by atoms with E-state index < -0.39 is 5.95 Å². The molecule has 0 unspecified atom stereocenters. The highest BCUT2D eigenvalue weighted by atomic mass is 19.1. The van der Waals surface area contributed by atoms with E-state index in [0.29, 0.717) is 35.6 Å². The van der Waals surface area contributed by atoms with Gasteiger partial charge in [-0.3, -0.25) is 10.2 Å². The van der Waals surface area contributed by atoms with Gasteiger partial charge in [0.15, 0.2) is 0 Å². The monoisotopic (exact) mass is 354 g/mol. The third-order valence-electron chi connectivity index (χ3n) is 5.55. The van der Waals surface area contributed by atoms with Crippen molar-refractivity contribution >= 4 is 11.8 Å². The molecule has 1 spiro atoms. The van der Waals surface area contributed by atoms with Gasteiger partial charge in [-0.1, -0.05) is 0 Å². The van der Waals surface area contributed by atoms with E-state index in [1.54, 1.807) is 18.2 Å². The van der Waals surface area contributed by atoms with Gasteiger partial charge in [-0.25, -0.2) is 19.9 Å². The van der Waals surface area contributed by atoms with E-state index in [4.69, 9.17) is 4.74 Å². The molecule has 2 bridgehead atoms. The van der Waals surface area contributed by atoms with Crippen molar-refractivity contribution in [2.24, 2.45) is 10.9 Å². The lowest BCUT2D eigenvalue weighted by atomic mass is 9.75. The fraction of sp³-hybridized carbons (Fsp3) is 0.444. The van der Waals surface area contributed by atoms with Crippen LogP contribution in [0.25, 0.3) is 11.3 Å². The van der Waals surface area contributed by atoms with E-state index in [-0.39, 0.29) is 5.60 Å². The van der Waals surface area contributed by atoms with Crippen LogP contribution in [0.3, 0.4) is 0 Å². The Morgan fingerprint density at radius 2 is 2.12 bits per heavy atom. The lowest BCUT2D eigenvalue weighted by Gasteiger charge is -2.50. The minimum absolute atomic E-state index is 0.204. The number of aromatic nitrogens is 3. The number of hydrogen-bond acceptors (Lipinski definition) is 7. The molecule has 2 aromatic rings. The third-order valence-corrected chi connectivity index (χ3v) is 5.55. The van der Waals surface area contributed by atoms with E-state index in [9.17, 15) is 4.39 Å². The van der Waals surface area contributed by atoms with Crippen LogP contribution in [0, 0.1) is 11.9 Å². The molecule has 4 aliphatic heterocycles. The van der Waals surface area contributed by atoms with Gasteiger partial charge in [0.05, 0.1) is 17.8 Å². The second-order valence-electron chi connectivity index (χ2n) is 7.09. The molecule has 1 N–H and O–H groups in total. The first-order chi connectivity index (χ1) is 12.7. The van der Waals surface area contributed by atoms with Crippen molar-refractivity contribution in [3.05, 3.63) is 36.7 Å². The van der Waals surface area contributed by atoms with Crippen molar-refractivity contribution in [3.8, 4) is 11.3 Å². The first-order valence-corrected chi connectivity index (χ1v) is 8.88. The lowest BCUT2D eigenvalue weighted by Crippen LogP contribution is -2.61. The van der Waals surface area contributed by atoms with Gasteiger partial charge < -0.3 is 4.74 Å². The Hall–Kier alpha value is -2.61. The first-order valence-electron chi connectivity index (χ1n) is 8.88. The molecule has 6 rings (SSSR count). The molecule has 134 valence electrons. The largest absolute Gasteiger partial charge is 0.455 e. The van der Waals surface area contributed by atoms with Gasteiger partial charge in [-0.05, 0) is 38.1 Å². The van der Waals surface area contributed by atoms with E-state index >= 15 is 0 Å². The molecule has 0 aliphatic carbocycles. The van der Waals surface area contributed by atoms with Crippen molar-refractivity contribution in [1.29, 1.82) is 0 Å². The van der Waals surface area contributed by atoms with Crippen molar-refractivity contribution in [1.82, 2.24) is 19.9 Å². The minimum atomic E-state index is -0.558. The molecule has 0 saturated carbocycles. The minimum Gasteiger partial charge on any atom is -0.455 e. The number of nitrogens with one attached hydrogen (secondary N) is 1. The number of pyridine rings is 1. The van der Waals surface area contributed by atoms with Gasteiger partial charge in [-0.2, -0.15) is 4.39 Å². The molecule has 2 aromatic heterocycles. The van der Waals surface area contributed by atoms with E-state index in [1.807, 2.05) is 0 Å². The van der Waals surface area contributed by atoms with Gasteiger partial charge >= 0.3 is 0 Å². The number of halogens is 1. The standard InChI is InChI=1S/C18H19FN6O/c19-16-13(2-1-5-20-16)14-8-15(23-11-22-14)24-17-21-9-18(26-17)10-25-6-3-12(18)4-7-25/h1-2,5,8,11-12H,3-4,6-7,9-10H2,(H,21,22,23,24)/t18-/m0/s1. The van der Waals surface area contributed by atoms with E-state index in [0.717, 1.165) is 19.6 Å². The number of hydrogen-bond donors (Lipinski definition) is 1. The number of aliphatic imine (C=N–C) groups is 1. The summed E-state index contributed by atoms with van der Waals surface area (Å²) in [6, 6.07) is 5.47. The molecule has 0 amide bonds. The Morgan fingerprint density at radius 1 is 1.23 bits per heavy atom. The predicted molar refractivity (Wildman–Crippen MR) is 94.1 cm³/mol. The summed E-state index contributed by atoms with van der Waals surface area (Å²) >= 11 is 0. The molecule has 0 aromatic carbocycles. The molecule has 3 saturated heterocycles. The van der Waals surface area contributed by atoms with Crippen molar-refractivity contribution in [2.75, 3.05) is 31.5 Å². The maximum Gasteiger partial charge on any atom is 0.291 e.